The highest BCUT2D eigenvalue weighted by atomic mass is 16.5. The lowest BCUT2D eigenvalue weighted by Gasteiger charge is -2.37. The fraction of sp³-hybridized carbons (Fsp3) is 0.471. The molecule has 2 fully saturated rings. The summed E-state index contributed by atoms with van der Waals surface area (Å²) in [6.07, 6.45) is 10.1. The molecule has 0 spiro atoms. The molecular weight excluding hydrogens is 290 g/mol. The number of hydrogen-bond acceptors (Lipinski definition) is 6. The molecule has 2 aromatic heterocycles. The molecule has 120 valence electrons. The van der Waals surface area contributed by atoms with Crippen LogP contribution in [0.3, 0.4) is 0 Å². The maximum atomic E-state index is 6.03. The molecule has 2 aromatic rings. The first-order valence-electron chi connectivity index (χ1n) is 8.14. The minimum Gasteiger partial charge on any atom is -0.486 e. The van der Waals surface area contributed by atoms with E-state index in [4.69, 9.17) is 4.74 Å². The molecule has 0 radical (unpaired) electrons. The number of rotatable bonds is 4. The third-order valence-electron chi connectivity index (χ3n) is 4.66. The molecule has 0 aromatic carbocycles. The van der Waals surface area contributed by atoms with Gasteiger partial charge in [-0.15, -0.1) is 0 Å². The molecule has 4 rings (SSSR count). The number of pyridine rings is 1. The van der Waals surface area contributed by atoms with Gasteiger partial charge in [0.2, 0.25) is 0 Å². The van der Waals surface area contributed by atoms with Crippen LogP contribution in [0.15, 0.2) is 43.2 Å². The van der Waals surface area contributed by atoms with Crippen LogP contribution in [0.5, 0.6) is 5.75 Å². The van der Waals surface area contributed by atoms with Gasteiger partial charge < -0.3 is 4.74 Å². The van der Waals surface area contributed by atoms with Crippen LogP contribution in [0.1, 0.15) is 12.0 Å². The molecule has 4 heterocycles. The summed E-state index contributed by atoms with van der Waals surface area (Å²) in [6, 6.07) is 4.78. The maximum absolute atomic E-state index is 6.03. The fourth-order valence-electron chi connectivity index (χ4n) is 3.57. The average Bonchev–Trinajstić information content (AvgIpc) is 2.98. The quantitative estimate of drug-likeness (QED) is 0.846. The number of fused-ring (bicyclic) bond motifs is 1. The van der Waals surface area contributed by atoms with Crippen LogP contribution in [-0.4, -0.2) is 63.1 Å². The predicted molar refractivity (Wildman–Crippen MR) is 85.9 cm³/mol. The topological polar surface area (TPSA) is 54.4 Å². The minimum atomic E-state index is 0.242. The highest BCUT2D eigenvalue weighted by Gasteiger charge is 2.37. The monoisotopic (exact) mass is 311 g/mol. The van der Waals surface area contributed by atoms with Gasteiger partial charge in [-0.1, -0.05) is 0 Å². The minimum absolute atomic E-state index is 0.242. The molecule has 2 aliphatic heterocycles. The fourth-order valence-corrected chi connectivity index (χ4v) is 3.57. The Labute approximate surface area is 136 Å². The van der Waals surface area contributed by atoms with Crippen molar-refractivity contribution in [1.82, 2.24) is 24.8 Å². The Morgan fingerprint density at radius 3 is 2.70 bits per heavy atom. The number of ether oxygens (including phenoxy) is 1. The summed E-state index contributed by atoms with van der Waals surface area (Å²) in [5.41, 5.74) is 1.33. The summed E-state index contributed by atoms with van der Waals surface area (Å²) < 4.78 is 6.03. The van der Waals surface area contributed by atoms with E-state index in [2.05, 4.69) is 36.9 Å². The van der Waals surface area contributed by atoms with Gasteiger partial charge in [0, 0.05) is 57.6 Å². The van der Waals surface area contributed by atoms with Crippen molar-refractivity contribution >= 4 is 0 Å². The van der Waals surface area contributed by atoms with Crippen LogP contribution in [-0.2, 0) is 6.54 Å². The van der Waals surface area contributed by atoms with Crippen molar-refractivity contribution in [3.63, 3.8) is 0 Å². The predicted octanol–water partition coefficient (Wildman–Crippen LogP) is 1.21. The van der Waals surface area contributed by atoms with E-state index >= 15 is 0 Å². The summed E-state index contributed by atoms with van der Waals surface area (Å²) >= 11 is 0. The average molecular weight is 311 g/mol. The van der Waals surface area contributed by atoms with Gasteiger partial charge in [-0.3, -0.25) is 14.8 Å². The van der Waals surface area contributed by atoms with Crippen LogP contribution in [0.4, 0.5) is 0 Å². The molecule has 0 amide bonds. The van der Waals surface area contributed by atoms with Crippen molar-refractivity contribution < 1.29 is 4.74 Å². The van der Waals surface area contributed by atoms with Crippen molar-refractivity contribution in [2.75, 3.05) is 26.2 Å². The van der Waals surface area contributed by atoms with Crippen LogP contribution in [0, 0.1) is 0 Å². The highest BCUT2D eigenvalue weighted by molar-refractivity contribution is 5.12. The molecule has 0 bridgehead atoms. The Morgan fingerprint density at radius 1 is 1.04 bits per heavy atom. The third kappa shape index (κ3) is 3.48. The molecule has 2 saturated heterocycles. The lowest BCUT2D eigenvalue weighted by Crippen LogP contribution is -2.49. The summed E-state index contributed by atoms with van der Waals surface area (Å²) in [7, 11) is 0. The number of aromatic nitrogens is 3. The zero-order valence-electron chi connectivity index (χ0n) is 13.1. The standard InChI is InChI=1S/C17H21N5O/c1-3-18-4-2-14(1)10-21-5-6-22-12-16(7-15(22)11-21)23-17-8-19-13-20-9-17/h1-4,8-9,13,15-16H,5-7,10-12H2/t15-,16-/m0/s1. The lowest BCUT2D eigenvalue weighted by molar-refractivity contribution is 0.0978. The Kier molecular flexibility index (Phi) is 4.17. The number of nitrogens with zero attached hydrogens (tertiary/aromatic N) is 5. The van der Waals surface area contributed by atoms with Crippen molar-refractivity contribution in [2.24, 2.45) is 0 Å². The molecule has 0 unspecified atom stereocenters. The molecule has 0 aliphatic carbocycles. The smallest absolute Gasteiger partial charge is 0.156 e. The summed E-state index contributed by atoms with van der Waals surface area (Å²) in [5, 5.41) is 0. The Hall–Kier alpha value is -2.05. The molecule has 6 nitrogen and oxygen atoms in total. The molecule has 6 heteroatoms. The zero-order valence-corrected chi connectivity index (χ0v) is 13.1. The van der Waals surface area contributed by atoms with Crippen LogP contribution in [0.2, 0.25) is 0 Å². The van der Waals surface area contributed by atoms with Gasteiger partial charge >= 0.3 is 0 Å². The van der Waals surface area contributed by atoms with Gasteiger partial charge in [0.25, 0.3) is 0 Å². The number of piperazine rings is 1. The molecule has 2 aliphatic rings. The van der Waals surface area contributed by atoms with E-state index in [1.54, 1.807) is 12.4 Å². The molecule has 0 N–H and O–H groups in total. The third-order valence-corrected chi connectivity index (χ3v) is 4.66. The van der Waals surface area contributed by atoms with Gasteiger partial charge in [0.05, 0.1) is 12.4 Å². The summed E-state index contributed by atoms with van der Waals surface area (Å²) in [6.45, 7) is 5.34. The van der Waals surface area contributed by atoms with E-state index in [-0.39, 0.29) is 6.10 Å². The maximum Gasteiger partial charge on any atom is 0.156 e. The van der Waals surface area contributed by atoms with Gasteiger partial charge in [-0.05, 0) is 17.7 Å². The molecular formula is C17H21N5O. The van der Waals surface area contributed by atoms with E-state index in [9.17, 15) is 0 Å². The highest BCUT2D eigenvalue weighted by Crippen LogP contribution is 2.25. The molecule has 23 heavy (non-hydrogen) atoms. The Bertz CT molecular complexity index is 584. The first-order valence-corrected chi connectivity index (χ1v) is 8.14. The van der Waals surface area contributed by atoms with E-state index in [0.29, 0.717) is 6.04 Å². The van der Waals surface area contributed by atoms with Gasteiger partial charge in [0.15, 0.2) is 5.75 Å². The summed E-state index contributed by atoms with van der Waals surface area (Å²) in [4.78, 5) is 17.2. The summed E-state index contributed by atoms with van der Waals surface area (Å²) in [5.74, 6) is 0.769. The molecule has 0 saturated carbocycles. The van der Waals surface area contributed by atoms with Crippen molar-refractivity contribution in [2.45, 2.75) is 25.1 Å². The van der Waals surface area contributed by atoms with Crippen LogP contribution < -0.4 is 4.74 Å². The molecule has 2 atom stereocenters. The number of hydrogen-bond donors (Lipinski definition) is 0. The Morgan fingerprint density at radius 2 is 1.87 bits per heavy atom. The van der Waals surface area contributed by atoms with Crippen LogP contribution >= 0.6 is 0 Å². The van der Waals surface area contributed by atoms with Crippen molar-refractivity contribution in [3.05, 3.63) is 48.8 Å². The van der Waals surface area contributed by atoms with E-state index in [0.717, 1.165) is 44.9 Å². The normalized spacial score (nSPS) is 25.2. The Balaban J connectivity index is 1.33. The van der Waals surface area contributed by atoms with E-state index in [1.165, 1.54) is 11.9 Å². The van der Waals surface area contributed by atoms with E-state index in [1.807, 2.05) is 12.4 Å². The van der Waals surface area contributed by atoms with Crippen molar-refractivity contribution in [1.29, 1.82) is 0 Å². The second kappa shape index (κ2) is 6.60. The second-order valence-corrected chi connectivity index (χ2v) is 6.29. The van der Waals surface area contributed by atoms with Gasteiger partial charge in [-0.2, -0.15) is 0 Å². The second-order valence-electron chi connectivity index (χ2n) is 6.29. The zero-order chi connectivity index (χ0) is 15.5. The lowest BCUT2D eigenvalue weighted by atomic mass is 10.1. The first-order chi connectivity index (χ1) is 11.4. The van der Waals surface area contributed by atoms with Crippen molar-refractivity contribution in [3.8, 4) is 5.75 Å². The van der Waals surface area contributed by atoms with Gasteiger partial charge in [-0.25, -0.2) is 9.97 Å². The van der Waals surface area contributed by atoms with Crippen LogP contribution in [0.25, 0.3) is 0 Å². The largest absolute Gasteiger partial charge is 0.486 e. The first kappa shape index (κ1) is 14.5. The SMILES string of the molecule is c1cc(CN2CCN3C[C@@H](Oc4cncnc4)C[C@H]3C2)ccn1. The van der Waals surface area contributed by atoms with E-state index < -0.39 is 0 Å². The van der Waals surface area contributed by atoms with Gasteiger partial charge in [0.1, 0.15) is 12.4 Å².